The first-order valence-electron chi connectivity index (χ1n) is 11.8. The van der Waals surface area contributed by atoms with Gasteiger partial charge in [-0.05, 0) is 43.2 Å². The van der Waals surface area contributed by atoms with Crippen LogP contribution in [0.5, 0.6) is 0 Å². The Bertz CT molecular complexity index is 1380. The summed E-state index contributed by atoms with van der Waals surface area (Å²) in [5.74, 6) is 1.40. The molecule has 1 N–H and O–H groups in total. The third-order valence-electron chi connectivity index (χ3n) is 6.07. The topological polar surface area (TPSA) is 98.7 Å². The Balaban J connectivity index is 1.44. The molecule has 0 atom stereocenters. The average molecular weight is 475 g/mol. The van der Waals surface area contributed by atoms with E-state index in [1.54, 1.807) is 30.3 Å². The zero-order valence-electron chi connectivity index (χ0n) is 20.0. The number of hydrogen-bond donors (Lipinski definition) is 1. The minimum atomic E-state index is -0.414. The van der Waals surface area contributed by atoms with Crippen molar-refractivity contribution in [3.05, 3.63) is 65.5 Å². The summed E-state index contributed by atoms with van der Waals surface area (Å²) in [6.07, 6.45) is 3.99. The van der Waals surface area contributed by atoms with Crippen LogP contribution in [0, 0.1) is 5.82 Å². The largest absolute Gasteiger partial charge is 0.334 e. The van der Waals surface area contributed by atoms with Gasteiger partial charge in [-0.1, -0.05) is 44.5 Å². The Kier molecular flexibility index (Phi) is 5.92. The van der Waals surface area contributed by atoms with Gasteiger partial charge in [-0.2, -0.15) is 4.98 Å². The monoisotopic (exact) mass is 474 g/mol. The van der Waals surface area contributed by atoms with E-state index in [2.05, 4.69) is 25.7 Å². The van der Waals surface area contributed by atoms with E-state index in [9.17, 15) is 9.18 Å². The SMILES string of the molecule is CC(C)(C)c1noc(-c2ccccc2C(=O)Nc2ccc(F)c(-c3nnc4n3CCCCC4)c2)n1. The molecule has 3 heterocycles. The maximum absolute atomic E-state index is 14.8. The zero-order valence-corrected chi connectivity index (χ0v) is 20.0. The van der Waals surface area contributed by atoms with Crippen molar-refractivity contribution < 1.29 is 13.7 Å². The van der Waals surface area contributed by atoms with Gasteiger partial charge in [-0.25, -0.2) is 4.39 Å². The summed E-state index contributed by atoms with van der Waals surface area (Å²) in [5, 5.41) is 15.5. The molecule has 0 saturated carbocycles. The van der Waals surface area contributed by atoms with E-state index in [1.807, 2.05) is 25.3 Å². The molecule has 1 aliphatic heterocycles. The van der Waals surface area contributed by atoms with Crippen LogP contribution in [0.1, 0.15) is 62.0 Å². The van der Waals surface area contributed by atoms with Crippen LogP contribution in [0.25, 0.3) is 22.8 Å². The minimum Gasteiger partial charge on any atom is -0.334 e. The van der Waals surface area contributed by atoms with Crippen molar-refractivity contribution in [3.8, 4) is 22.8 Å². The van der Waals surface area contributed by atoms with Crippen LogP contribution in [0.15, 0.2) is 47.0 Å². The predicted octanol–water partition coefficient (Wildman–Crippen LogP) is 5.41. The number of benzene rings is 2. The maximum Gasteiger partial charge on any atom is 0.258 e. The van der Waals surface area contributed by atoms with E-state index in [-0.39, 0.29) is 17.2 Å². The number of rotatable bonds is 4. The van der Waals surface area contributed by atoms with E-state index in [4.69, 9.17) is 4.52 Å². The molecule has 0 unspecified atom stereocenters. The van der Waals surface area contributed by atoms with Gasteiger partial charge in [-0.3, -0.25) is 4.79 Å². The highest BCUT2D eigenvalue weighted by Crippen LogP contribution is 2.29. The fourth-order valence-electron chi connectivity index (χ4n) is 4.16. The third-order valence-corrected chi connectivity index (χ3v) is 6.07. The Morgan fingerprint density at radius 3 is 2.69 bits per heavy atom. The van der Waals surface area contributed by atoms with Crippen LogP contribution < -0.4 is 5.32 Å². The van der Waals surface area contributed by atoms with Gasteiger partial charge >= 0.3 is 0 Å². The molecule has 1 aliphatic rings. The summed E-state index contributed by atoms with van der Waals surface area (Å²) in [4.78, 5) is 17.7. The number of fused-ring (bicyclic) bond motifs is 1. The van der Waals surface area contributed by atoms with Crippen molar-refractivity contribution in [1.82, 2.24) is 24.9 Å². The average Bonchev–Trinajstić information content (AvgIpc) is 3.42. The van der Waals surface area contributed by atoms with Crippen LogP contribution in [0.3, 0.4) is 0 Å². The van der Waals surface area contributed by atoms with Gasteiger partial charge in [0, 0.05) is 24.1 Å². The van der Waals surface area contributed by atoms with E-state index >= 15 is 0 Å². The summed E-state index contributed by atoms with van der Waals surface area (Å²) >= 11 is 0. The number of aryl methyl sites for hydroxylation is 1. The zero-order chi connectivity index (χ0) is 24.6. The lowest BCUT2D eigenvalue weighted by Gasteiger charge is -2.12. The molecule has 0 aliphatic carbocycles. The molecule has 1 amide bonds. The lowest BCUT2D eigenvalue weighted by molar-refractivity contribution is 0.102. The van der Waals surface area contributed by atoms with Gasteiger partial charge in [0.1, 0.15) is 11.6 Å². The quantitative estimate of drug-likeness (QED) is 0.425. The second kappa shape index (κ2) is 9.05. The van der Waals surface area contributed by atoms with Gasteiger partial charge in [0.2, 0.25) is 0 Å². The number of hydrogen-bond acceptors (Lipinski definition) is 6. The molecule has 4 aromatic rings. The molecule has 8 nitrogen and oxygen atoms in total. The first-order valence-corrected chi connectivity index (χ1v) is 11.8. The van der Waals surface area contributed by atoms with Crippen molar-refractivity contribution in [2.75, 3.05) is 5.32 Å². The van der Waals surface area contributed by atoms with Gasteiger partial charge in [-0.15, -0.1) is 10.2 Å². The number of nitrogens with zero attached hydrogens (tertiary/aromatic N) is 5. The molecule has 0 radical (unpaired) electrons. The van der Waals surface area contributed by atoms with Crippen LogP contribution in [0.4, 0.5) is 10.1 Å². The van der Waals surface area contributed by atoms with Gasteiger partial charge < -0.3 is 14.4 Å². The number of anilines is 1. The Hall–Kier alpha value is -3.88. The molecule has 5 rings (SSSR count). The molecule has 0 bridgehead atoms. The molecule has 2 aromatic carbocycles. The van der Waals surface area contributed by atoms with Crippen molar-refractivity contribution in [2.45, 2.75) is 58.4 Å². The molecule has 0 spiro atoms. The Morgan fingerprint density at radius 1 is 1.06 bits per heavy atom. The molecule has 35 heavy (non-hydrogen) atoms. The number of amides is 1. The number of carbonyl (C=O) groups is 1. The first-order chi connectivity index (χ1) is 16.8. The van der Waals surface area contributed by atoms with Crippen LogP contribution in [-0.2, 0) is 18.4 Å². The minimum absolute atomic E-state index is 0.270. The van der Waals surface area contributed by atoms with Gasteiger partial charge in [0.15, 0.2) is 11.6 Å². The molecule has 180 valence electrons. The summed E-state index contributed by atoms with van der Waals surface area (Å²) < 4.78 is 22.3. The second-order valence-corrected chi connectivity index (χ2v) is 9.77. The van der Waals surface area contributed by atoms with Crippen molar-refractivity contribution in [2.24, 2.45) is 0 Å². The Labute approximate surface area is 202 Å². The predicted molar refractivity (Wildman–Crippen MR) is 129 cm³/mol. The highest BCUT2D eigenvalue weighted by atomic mass is 19.1. The van der Waals surface area contributed by atoms with Crippen molar-refractivity contribution in [1.29, 1.82) is 0 Å². The second-order valence-electron chi connectivity index (χ2n) is 9.77. The molecule has 0 fully saturated rings. The summed E-state index contributed by atoms with van der Waals surface area (Å²) in [6, 6.07) is 11.5. The normalized spacial score (nSPS) is 13.8. The smallest absolute Gasteiger partial charge is 0.258 e. The van der Waals surface area contributed by atoms with E-state index in [0.717, 1.165) is 38.1 Å². The number of carbonyl (C=O) groups excluding carboxylic acids is 1. The Morgan fingerprint density at radius 2 is 1.89 bits per heavy atom. The van der Waals surface area contributed by atoms with Crippen LogP contribution in [0.2, 0.25) is 0 Å². The van der Waals surface area contributed by atoms with Crippen molar-refractivity contribution >= 4 is 11.6 Å². The number of nitrogens with one attached hydrogen (secondary N) is 1. The first kappa shape index (κ1) is 22.9. The fourth-order valence-corrected chi connectivity index (χ4v) is 4.16. The number of aromatic nitrogens is 5. The third kappa shape index (κ3) is 4.58. The van der Waals surface area contributed by atoms with Gasteiger partial charge in [0.25, 0.3) is 11.8 Å². The summed E-state index contributed by atoms with van der Waals surface area (Å²) in [6.45, 7) is 6.71. The van der Waals surface area contributed by atoms with E-state index in [1.165, 1.54) is 12.1 Å². The van der Waals surface area contributed by atoms with Crippen molar-refractivity contribution in [3.63, 3.8) is 0 Å². The summed E-state index contributed by atoms with van der Waals surface area (Å²) in [7, 11) is 0. The molecule has 0 saturated heterocycles. The lowest BCUT2D eigenvalue weighted by Crippen LogP contribution is -2.14. The molecular formula is C26H27FN6O2. The standard InChI is InChI=1S/C26H27FN6O2/c1-26(2,3)25-29-24(35-32-25)18-10-7-6-9-17(18)23(34)28-16-12-13-20(27)19(15-16)22-31-30-21-11-5-4-8-14-33(21)22/h6-7,9-10,12-13,15H,4-5,8,11,14H2,1-3H3,(H,28,34). The number of halogens is 1. The molecular weight excluding hydrogens is 447 g/mol. The van der Waals surface area contributed by atoms with Crippen LogP contribution >= 0.6 is 0 Å². The van der Waals surface area contributed by atoms with E-state index in [0.29, 0.717) is 34.0 Å². The van der Waals surface area contributed by atoms with E-state index < -0.39 is 5.82 Å². The maximum atomic E-state index is 14.8. The fraction of sp³-hybridized carbons (Fsp3) is 0.346. The molecule has 2 aromatic heterocycles. The molecule has 9 heteroatoms. The van der Waals surface area contributed by atoms with Crippen LogP contribution in [-0.4, -0.2) is 30.8 Å². The van der Waals surface area contributed by atoms with Gasteiger partial charge in [0.05, 0.1) is 16.7 Å². The highest BCUT2D eigenvalue weighted by Gasteiger charge is 2.24. The summed E-state index contributed by atoms with van der Waals surface area (Å²) in [5.41, 5.74) is 1.37. The highest BCUT2D eigenvalue weighted by molar-refractivity contribution is 6.08. The lowest BCUT2D eigenvalue weighted by atomic mass is 9.96.